The SMILES string of the molecule is CC1Oc2cc(N)c(OC(=O)/C=C/c3ccc(O)c(CC=O)c3)cc2OC1C. The molecule has 7 heteroatoms. The van der Waals surface area contributed by atoms with Crippen molar-refractivity contribution in [3.8, 4) is 23.0 Å². The van der Waals surface area contributed by atoms with Crippen LogP contribution in [0.1, 0.15) is 25.0 Å². The van der Waals surface area contributed by atoms with Crippen LogP contribution in [0, 0.1) is 0 Å². The van der Waals surface area contributed by atoms with E-state index >= 15 is 0 Å². The minimum absolute atomic E-state index is 0.0272. The van der Waals surface area contributed by atoms with Gasteiger partial charge >= 0.3 is 5.97 Å². The molecule has 0 amide bonds. The summed E-state index contributed by atoms with van der Waals surface area (Å²) in [4.78, 5) is 22.8. The summed E-state index contributed by atoms with van der Waals surface area (Å²) in [6, 6.07) is 7.80. The number of phenolic OH excluding ortho intramolecular Hbond substituents is 1. The number of hydrogen-bond acceptors (Lipinski definition) is 7. The van der Waals surface area contributed by atoms with E-state index in [9.17, 15) is 14.7 Å². The predicted octanol–water partition coefficient (Wildman–Crippen LogP) is 2.88. The molecule has 0 aromatic heterocycles. The monoisotopic (exact) mass is 383 g/mol. The van der Waals surface area contributed by atoms with Crippen LogP contribution in [0.2, 0.25) is 0 Å². The van der Waals surface area contributed by atoms with Gasteiger partial charge in [-0.05, 0) is 37.6 Å². The molecular formula is C21H21NO6. The molecule has 2 atom stereocenters. The van der Waals surface area contributed by atoms with Crippen LogP contribution < -0.4 is 19.9 Å². The lowest BCUT2D eigenvalue weighted by Gasteiger charge is -2.30. The molecule has 2 aromatic rings. The molecular weight excluding hydrogens is 362 g/mol. The van der Waals surface area contributed by atoms with Crippen molar-refractivity contribution >= 4 is 24.0 Å². The minimum Gasteiger partial charge on any atom is -0.508 e. The van der Waals surface area contributed by atoms with Gasteiger partial charge in [0.1, 0.15) is 24.2 Å². The maximum Gasteiger partial charge on any atom is 0.336 e. The zero-order valence-electron chi connectivity index (χ0n) is 15.5. The van der Waals surface area contributed by atoms with E-state index in [1.807, 2.05) is 13.8 Å². The van der Waals surface area contributed by atoms with Crippen LogP contribution in [-0.4, -0.2) is 29.6 Å². The van der Waals surface area contributed by atoms with Gasteiger partial charge in [0, 0.05) is 30.2 Å². The number of aromatic hydroxyl groups is 1. The highest BCUT2D eigenvalue weighted by molar-refractivity contribution is 5.89. The van der Waals surface area contributed by atoms with Crippen molar-refractivity contribution in [1.29, 1.82) is 0 Å². The Morgan fingerprint density at radius 1 is 1.18 bits per heavy atom. The van der Waals surface area contributed by atoms with E-state index in [1.54, 1.807) is 18.2 Å². The first-order valence-corrected chi connectivity index (χ1v) is 8.79. The first-order chi connectivity index (χ1) is 13.4. The lowest BCUT2D eigenvalue weighted by atomic mass is 10.1. The average molecular weight is 383 g/mol. The predicted molar refractivity (Wildman–Crippen MR) is 104 cm³/mol. The van der Waals surface area contributed by atoms with Crippen molar-refractivity contribution in [3.05, 3.63) is 47.5 Å². The summed E-state index contributed by atoms with van der Waals surface area (Å²) in [6.07, 6.45) is 3.28. The number of esters is 1. The Morgan fingerprint density at radius 2 is 1.86 bits per heavy atom. The third-order valence-corrected chi connectivity index (χ3v) is 4.39. The second kappa shape index (κ2) is 8.04. The first-order valence-electron chi connectivity index (χ1n) is 8.79. The fourth-order valence-corrected chi connectivity index (χ4v) is 2.69. The van der Waals surface area contributed by atoms with Crippen LogP contribution in [-0.2, 0) is 16.0 Å². The smallest absolute Gasteiger partial charge is 0.336 e. The number of benzene rings is 2. The van der Waals surface area contributed by atoms with E-state index in [0.717, 1.165) is 0 Å². The van der Waals surface area contributed by atoms with Gasteiger partial charge in [-0.15, -0.1) is 0 Å². The van der Waals surface area contributed by atoms with Crippen LogP contribution in [0.3, 0.4) is 0 Å². The summed E-state index contributed by atoms with van der Waals surface area (Å²) in [5.41, 5.74) is 7.33. The number of carbonyl (C=O) groups excluding carboxylic acids is 2. The number of nitrogens with two attached hydrogens (primary N) is 1. The molecule has 1 aliphatic heterocycles. The number of phenols is 1. The molecule has 0 aliphatic carbocycles. The van der Waals surface area contributed by atoms with Crippen molar-refractivity contribution in [2.75, 3.05) is 5.73 Å². The highest BCUT2D eigenvalue weighted by atomic mass is 16.6. The Kier molecular flexibility index (Phi) is 5.54. The molecule has 0 fully saturated rings. The standard InChI is InChI=1S/C21H21NO6/c1-12-13(2)27-20-11-18(16(22)10-19(20)26-12)28-21(25)6-4-14-3-5-17(24)15(9-14)7-8-23/h3-6,8-13,24H,7,22H2,1-2H3/b6-4+. The number of nitrogen functional groups attached to an aromatic ring is 1. The zero-order chi connectivity index (χ0) is 20.3. The molecule has 1 heterocycles. The molecule has 0 spiro atoms. The van der Waals surface area contributed by atoms with Crippen LogP contribution in [0.4, 0.5) is 5.69 Å². The van der Waals surface area contributed by atoms with E-state index in [2.05, 4.69) is 0 Å². The molecule has 2 aromatic carbocycles. The number of rotatable bonds is 5. The number of anilines is 1. The molecule has 3 rings (SSSR count). The van der Waals surface area contributed by atoms with E-state index in [-0.39, 0.29) is 35.8 Å². The second-order valence-corrected chi connectivity index (χ2v) is 6.50. The first kappa shape index (κ1) is 19.3. The zero-order valence-corrected chi connectivity index (χ0v) is 15.5. The van der Waals surface area contributed by atoms with Gasteiger partial charge in [0.15, 0.2) is 17.2 Å². The quantitative estimate of drug-likeness (QED) is 0.269. The summed E-state index contributed by atoms with van der Waals surface area (Å²) in [6.45, 7) is 3.78. The maximum absolute atomic E-state index is 12.2. The lowest BCUT2D eigenvalue weighted by molar-refractivity contribution is -0.128. The molecule has 0 bridgehead atoms. The second-order valence-electron chi connectivity index (χ2n) is 6.50. The third-order valence-electron chi connectivity index (χ3n) is 4.39. The Hall–Kier alpha value is -3.48. The molecule has 28 heavy (non-hydrogen) atoms. The molecule has 3 N–H and O–H groups in total. The van der Waals surface area contributed by atoms with Crippen molar-refractivity contribution in [2.24, 2.45) is 0 Å². The Labute approximate surface area is 162 Å². The molecule has 146 valence electrons. The van der Waals surface area contributed by atoms with E-state index in [4.69, 9.17) is 19.9 Å². The largest absolute Gasteiger partial charge is 0.508 e. The van der Waals surface area contributed by atoms with Gasteiger partial charge in [-0.1, -0.05) is 6.07 Å². The number of hydrogen-bond donors (Lipinski definition) is 2. The Morgan fingerprint density at radius 3 is 2.54 bits per heavy atom. The van der Waals surface area contributed by atoms with Crippen molar-refractivity contribution in [1.82, 2.24) is 0 Å². The summed E-state index contributed by atoms with van der Waals surface area (Å²) in [7, 11) is 0. The van der Waals surface area contributed by atoms with Crippen LogP contribution in [0.25, 0.3) is 6.08 Å². The van der Waals surface area contributed by atoms with Crippen molar-refractivity contribution in [2.45, 2.75) is 32.5 Å². The van der Waals surface area contributed by atoms with Gasteiger partial charge in [-0.25, -0.2) is 4.79 Å². The molecule has 7 nitrogen and oxygen atoms in total. The molecule has 2 unspecified atom stereocenters. The van der Waals surface area contributed by atoms with Gasteiger partial charge in [-0.3, -0.25) is 0 Å². The molecule has 0 radical (unpaired) electrons. The van der Waals surface area contributed by atoms with E-state index in [0.29, 0.717) is 28.9 Å². The van der Waals surface area contributed by atoms with Gasteiger partial charge in [0.05, 0.1) is 5.69 Å². The van der Waals surface area contributed by atoms with Gasteiger partial charge < -0.3 is 29.8 Å². The lowest BCUT2D eigenvalue weighted by Crippen LogP contribution is -2.35. The summed E-state index contributed by atoms with van der Waals surface area (Å²) in [5, 5.41) is 9.69. The highest BCUT2D eigenvalue weighted by Crippen LogP contribution is 2.40. The number of ether oxygens (including phenoxy) is 3. The van der Waals surface area contributed by atoms with Crippen LogP contribution >= 0.6 is 0 Å². The Balaban J connectivity index is 1.73. The Bertz CT molecular complexity index is 937. The van der Waals surface area contributed by atoms with Gasteiger partial charge in [0.2, 0.25) is 0 Å². The minimum atomic E-state index is -0.630. The summed E-state index contributed by atoms with van der Waals surface area (Å²) in [5.74, 6) is 0.536. The van der Waals surface area contributed by atoms with E-state index < -0.39 is 5.97 Å². The number of fused-ring (bicyclic) bond motifs is 1. The maximum atomic E-state index is 12.2. The fourth-order valence-electron chi connectivity index (χ4n) is 2.69. The van der Waals surface area contributed by atoms with Crippen molar-refractivity contribution in [3.63, 3.8) is 0 Å². The van der Waals surface area contributed by atoms with Gasteiger partial charge in [0.25, 0.3) is 0 Å². The third kappa shape index (κ3) is 4.25. The molecule has 0 saturated carbocycles. The topological polar surface area (TPSA) is 108 Å². The summed E-state index contributed by atoms with van der Waals surface area (Å²) < 4.78 is 16.8. The average Bonchev–Trinajstić information content (AvgIpc) is 2.65. The van der Waals surface area contributed by atoms with E-state index in [1.165, 1.54) is 24.3 Å². The number of carbonyl (C=O) groups is 2. The normalized spacial score (nSPS) is 18.1. The fraction of sp³-hybridized carbons (Fsp3) is 0.238. The van der Waals surface area contributed by atoms with Crippen LogP contribution in [0.15, 0.2) is 36.4 Å². The highest BCUT2D eigenvalue weighted by Gasteiger charge is 2.26. The molecule has 1 aliphatic rings. The molecule has 0 saturated heterocycles. The summed E-state index contributed by atoms with van der Waals surface area (Å²) >= 11 is 0. The van der Waals surface area contributed by atoms with Crippen molar-refractivity contribution < 1.29 is 28.9 Å². The van der Waals surface area contributed by atoms with Crippen LogP contribution in [0.5, 0.6) is 23.0 Å². The number of aldehydes is 1. The van der Waals surface area contributed by atoms with Gasteiger partial charge in [-0.2, -0.15) is 0 Å².